The summed E-state index contributed by atoms with van der Waals surface area (Å²) in [5.74, 6) is 0. The molecule has 0 aliphatic carbocycles. The first-order valence-corrected chi connectivity index (χ1v) is 26.4. The third-order valence-electron chi connectivity index (χ3n) is 12.9. The van der Waals surface area contributed by atoms with Gasteiger partial charge in [0.15, 0.2) is 0 Å². The van der Waals surface area contributed by atoms with Crippen LogP contribution in [0.1, 0.15) is 247 Å². The number of hydrogen-bond donors (Lipinski definition) is 0. The zero-order valence-electron chi connectivity index (χ0n) is 41.2. The summed E-state index contributed by atoms with van der Waals surface area (Å²) in [6, 6.07) is 17.8. The maximum atomic E-state index is 5.37. The number of aliphatic imine (C=N–C) groups is 2. The monoisotopic (exact) mass is 885 g/mol. The summed E-state index contributed by atoms with van der Waals surface area (Å²) in [4.78, 5) is 15.5. The Bertz CT molecular complexity index is 1290. The fraction of sp³-hybridized carbons (Fsp3) is 0.750. The Kier molecular flexibility index (Phi) is 37.9. The largest absolute Gasteiger partial charge is 0.372 e. The van der Waals surface area contributed by atoms with Gasteiger partial charge in [-0.3, -0.25) is 9.98 Å². The Morgan fingerprint density at radius 2 is 0.525 bits per heavy atom. The van der Waals surface area contributed by atoms with E-state index in [1.54, 1.807) is 0 Å². The van der Waals surface area contributed by atoms with E-state index in [4.69, 9.17) is 9.98 Å². The topological polar surface area (TPSA) is 31.2 Å². The van der Waals surface area contributed by atoms with Crippen molar-refractivity contribution in [2.45, 2.75) is 247 Å². The molecular formula is C56H98N4Ni. The molecule has 0 amide bonds. The summed E-state index contributed by atoms with van der Waals surface area (Å²) in [5, 5.41) is 0. The van der Waals surface area contributed by atoms with Gasteiger partial charge in [-0.15, -0.1) is 0 Å². The molecule has 0 aliphatic rings. The minimum absolute atomic E-state index is 0. The molecule has 4 nitrogen and oxygen atoms in total. The van der Waals surface area contributed by atoms with Gasteiger partial charge in [0.05, 0.1) is 22.8 Å². The fourth-order valence-electron chi connectivity index (χ4n) is 8.82. The predicted octanol–water partition coefficient (Wildman–Crippen LogP) is 18.7. The Hall–Kier alpha value is -2.13. The summed E-state index contributed by atoms with van der Waals surface area (Å²) in [5.41, 5.74) is 7.03. The molecule has 0 saturated heterocycles. The van der Waals surface area contributed by atoms with Crippen LogP contribution in [0.5, 0.6) is 0 Å². The van der Waals surface area contributed by atoms with E-state index in [9.17, 15) is 0 Å². The van der Waals surface area contributed by atoms with Gasteiger partial charge in [-0.25, -0.2) is 0 Å². The third-order valence-corrected chi connectivity index (χ3v) is 12.9. The first-order chi connectivity index (χ1) is 29.6. The van der Waals surface area contributed by atoms with Gasteiger partial charge in [0, 0.05) is 54.0 Å². The molecule has 0 atom stereocenters. The predicted molar refractivity (Wildman–Crippen MR) is 273 cm³/mol. The van der Waals surface area contributed by atoms with Gasteiger partial charge >= 0.3 is 0 Å². The molecule has 0 saturated carbocycles. The molecule has 0 aliphatic heterocycles. The smallest absolute Gasteiger partial charge is 0.0635 e. The van der Waals surface area contributed by atoms with E-state index in [1.165, 1.54) is 215 Å². The normalized spacial score (nSPS) is 11.9. The molecule has 0 spiro atoms. The van der Waals surface area contributed by atoms with Crippen LogP contribution >= 0.6 is 0 Å². The minimum atomic E-state index is 0. The van der Waals surface area contributed by atoms with E-state index in [0.29, 0.717) is 0 Å². The van der Waals surface area contributed by atoms with E-state index in [2.05, 4.69) is 99.9 Å². The Morgan fingerprint density at radius 1 is 0.311 bits per heavy atom. The van der Waals surface area contributed by atoms with Crippen LogP contribution in [0.15, 0.2) is 58.5 Å². The molecule has 2 aromatic carbocycles. The number of anilines is 2. The first kappa shape index (κ1) is 56.9. The van der Waals surface area contributed by atoms with Crippen LogP contribution in [-0.4, -0.2) is 37.6 Å². The van der Waals surface area contributed by atoms with E-state index >= 15 is 0 Å². The molecular weight excluding hydrogens is 787 g/mol. The molecule has 0 N–H and O–H groups in total. The second kappa shape index (κ2) is 40.6. The van der Waals surface area contributed by atoms with Crippen LogP contribution in [0.3, 0.4) is 0 Å². The van der Waals surface area contributed by atoms with Crippen LogP contribution in [-0.2, 0) is 16.5 Å². The maximum absolute atomic E-state index is 5.37. The molecule has 0 fully saturated rings. The van der Waals surface area contributed by atoms with Gasteiger partial charge in [0.2, 0.25) is 0 Å². The quantitative estimate of drug-likeness (QED) is 0.0378. The van der Waals surface area contributed by atoms with E-state index in [0.717, 1.165) is 50.4 Å². The maximum Gasteiger partial charge on any atom is 0.0635 e. The van der Waals surface area contributed by atoms with Crippen molar-refractivity contribution in [3.63, 3.8) is 0 Å². The van der Waals surface area contributed by atoms with Gasteiger partial charge in [0.25, 0.3) is 0 Å². The molecule has 2 rings (SSSR count). The molecule has 0 radical (unpaired) electrons. The zero-order valence-corrected chi connectivity index (χ0v) is 42.2. The van der Waals surface area contributed by atoms with Crippen molar-refractivity contribution in [2.24, 2.45) is 9.98 Å². The Labute approximate surface area is 390 Å². The van der Waals surface area contributed by atoms with Crippen LogP contribution < -0.4 is 9.80 Å². The Morgan fingerprint density at radius 3 is 0.754 bits per heavy atom. The van der Waals surface area contributed by atoms with Crippen LogP contribution in [0.25, 0.3) is 0 Å². The standard InChI is InChI=1S/C56H98N4.Ni/c1-7-13-15-17-18-19-20-21-22-23-24-25-26-27-28-29-30-31-32-33-34-35-36-37-38-40-42-56(58-52-45-49-54(50-46-52)60(11-5)12-6)55(41-39-16-14-8-2)57-51-43-47-53(48-44-51)59(9-3)10-4;/h43-50H,7-42H2,1-6H3;. The van der Waals surface area contributed by atoms with Crippen LogP contribution in [0, 0.1) is 0 Å². The number of hydrogen-bond acceptors (Lipinski definition) is 4. The van der Waals surface area contributed by atoms with Crippen molar-refractivity contribution < 1.29 is 16.5 Å². The van der Waals surface area contributed by atoms with E-state index in [-0.39, 0.29) is 16.5 Å². The van der Waals surface area contributed by atoms with Crippen molar-refractivity contribution in [3.05, 3.63) is 48.5 Å². The van der Waals surface area contributed by atoms with Gasteiger partial charge in [-0.05, 0) is 102 Å². The summed E-state index contributed by atoms with van der Waals surface area (Å²) >= 11 is 0. The van der Waals surface area contributed by atoms with Crippen LogP contribution in [0.2, 0.25) is 0 Å². The summed E-state index contributed by atoms with van der Waals surface area (Å²) in [6.45, 7) is 17.6. The third kappa shape index (κ3) is 28.3. The van der Waals surface area contributed by atoms with Crippen molar-refractivity contribution >= 4 is 34.2 Å². The van der Waals surface area contributed by atoms with Gasteiger partial charge < -0.3 is 9.80 Å². The molecule has 5 heteroatoms. The second-order valence-electron chi connectivity index (χ2n) is 17.9. The van der Waals surface area contributed by atoms with Crippen molar-refractivity contribution in [2.75, 3.05) is 36.0 Å². The average molecular weight is 886 g/mol. The first-order valence-electron chi connectivity index (χ1n) is 26.4. The SMILES string of the molecule is CCCCCCCCCCCCCCCCCCCCCCCCCCCCC(=Nc1ccc(N(CC)CC)cc1)C(CCCCCC)=Nc1ccc(N(CC)CC)cc1.[Ni]. The molecule has 61 heavy (non-hydrogen) atoms. The van der Waals surface area contributed by atoms with E-state index < -0.39 is 0 Å². The zero-order chi connectivity index (χ0) is 43.1. The van der Waals surface area contributed by atoms with E-state index in [1.807, 2.05) is 0 Å². The summed E-state index contributed by atoms with van der Waals surface area (Å²) in [6.07, 6.45) is 44.0. The Balaban J connectivity index is 0.0000186. The fourth-order valence-corrected chi connectivity index (χ4v) is 8.82. The number of nitrogens with zero attached hydrogens (tertiary/aromatic N) is 4. The number of unbranched alkanes of at least 4 members (excludes halogenated alkanes) is 28. The number of benzene rings is 2. The molecule has 0 aromatic heterocycles. The molecule has 0 heterocycles. The molecule has 0 unspecified atom stereocenters. The van der Waals surface area contributed by atoms with Gasteiger partial charge in [-0.1, -0.05) is 194 Å². The van der Waals surface area contributed by atoms with Gasteiger partial charge in [0.1, 0.15) is 0 Å². The average Bonchev–Trinajstić information content (AvgIpc) is 3.27. The molecule has 352 valence electrons. The van der Waals surface area contributed by atoms with Crippen molar-refractivity contribution in [1.82, 2.24) is 0 Å². The van der Waals surface area contributed by atoms with Crippen molar-refractivity contribution in [1.29, 1.82) is 0 Å². The molecule has 0 bridgehead atoms. The molecule has 2 aromatic rings. The van der Waals surface area contributed by atoms with Crippen LogP contribution in [0.4, 0.5) is 22.7 Å². The van der Waals surface area contributed by atoms with Crippen molar-refractivity contribution in [3.8, 4) is 0 Å². The summed E-state index contributed by atoms with van der Waals surface area (Å²) in [7, 11) is 0. The van der Waals surface area contributed by atoms with Gasteiger partial charge in [-0.2, -0.15) is 0 Å². The summed E-state index contributed by atoms with van der Waals surface area (Å²) < 4.78 is 0. The minimum Gasteiger partial charge on any atom is -0.372 e. The second-order valence-corrected chi connectivity index (χ2v) is 17.9. The number of rotatable bonds is 41.